The van der Waals surface area contributed by atoms with E-state index in [2.05, 4.69) is 0 Å². The summed E-state index contributed by atoms with van der Waals surface area (Å²) in [4.78, 5) is 25.6. The molecule has 5 heteroatoms. The lowest BCUT2D eigenvalue weighted by molar-refractivity contribution is 0.0694. The number of hydrogen-bond acceptors (Lipinski definition) is 4. The molecule has 2 aromatic carbocycles. The lowest BCUT2D eigenvalue weighted by Crippen LogP contribution is -2.12. The van der Waals surface area contributed by atoms with E-state index in [0.29, 0.717) is 28.0 Å². The van der Waals surface area contributed by atoms with E-state index < -0.39 is 5.97 Å². The van der Waals surface area contributed by atoms with E-state index in [0.717, 1.165) is 11.1 Å². The highest BCUT2D eigenvalue weighted by molar-refractivity contribution is 7.98. The molecule has 0 bridgehead atoms. The minimum atomic E-state index is -0.986. The van der Waals surface area contributed by atoms with Crippen molar-refractivity contribution in [2.75, 3.05) is 6.26 Å². The highest BCUT2D eigenvalue weighted by Gasteiger charge is 2.19. The summed E-state index contributed by atoms with van der Waals surface area (Å²) in [5.41, 5.74) is 4.93. The molecule has 0 aliphatic carbocycles. The Morgan fingerprint density at radius 2 is 1.62 bits per heavy atom. The van der Waals surface area contributed by atoms with Crippen molar-refractivity contribution in [2.24, 2.45) is 0 Å². The van der Waals surface area contributed by atoms with Crippen LogP contribution in [0.5, 0.6) is 5.75 Å². The molecule has 29 heavy (non-hydrogen) atoms. The standard InChI is InChI=1S/C24H28O4S/c1-13(2)28-22-17(6)21(24(26)27)14(3)10-18(22)8-9-20(25)19-11-15(4)23(29-7)16(5)12-19/h8-13H,1-7H3,(H,26,27). The first kappa shape index (κ1) is 22.8. The Morgan fingerprint density at radius 3 is 2.10 bits per heavy atom. The van der Waals surface area contributed by atoms with Crippen molar-refractivity contribution in [1.29, 1.82) is 0 Å². The van der Waals surface area contributed by atoms with Crippen molar-refractivity contribution >= 4 is 29.6 Å². The van der Waals surface area contributed by atoms with Crippen LogP contribution < -0.4 is 4.74 Å². The number of ether oxygens (including phenoxy) is 1. The van der Waals surface area contributed by atoms with Gasteiger partial charge in [0.1, 0.15) is 5.75 Å². The van der Waals surface area contributed by atoms with Gasteiger partial charge in [0.05, 0.1) is 11.7 Å². The number of thioether (sulfide) groups is 1. The molecule has 0 radical (unpaired) electrons. The van der Waals surface area contributed by atoms with Crippen LogP contribution in [-0.4, -0.2) is 29.2 Å². The van der Waals surface area contributed by atoms with E-state index >= 15 is 0 Å². The Hall–Kier alpha value is -2.53. The molecule has 0 aliphatic heterocycles. The number of carboxylic acid groups (broad SMARTS) is 1. The molecule has 0 aromatic heterocycles. The minimum absolute atomic E-state index is 0.100. The fourth-order valence-electron chi connectivity index (χ4n) is 3.52. The quantitative estimate of drug-likeness (QED) is 0.342. The highest BCUT2D eigenvalue weighted by Crippen LogP contribution is 2.32. The van der Waals surface area contributed by atoms with Gasteiger partial charge in [-0.15, -0.1) is 11.8 Å². The maximum atomic E-state index is 12.8. The molecule has 0 amide bonds. The van der Waals surface area contributed by atoms with E-state index in [1.54, 1.807) is 37.8 Å². The van der Waals surface area contributed by atoms with Gasteiger partial charge in [-0.3, -0.25) is 4.79 Å². The van der Waals surface area contributed by atoms with Crippen LogP contribution in [-0.2, 0) is 0 Å². The van der Waals surface area contributed by atoms with Crippen molar-refractivity contribution in [1.82, 2.24) is 0 Å². The maximum Gasteiger partial charge on any atom is 0.336 e. The molecule has 0 unspecified atom stereocenters. The first-order valence-electron chi connectivity index (χ1n) is 9.48. The molecule has 2 aromatic rings. The van der Waals surface area contributed by atoms with Crippen LogP contribution in [0.25, 0.3) is 6.08 Å². The average Bonchev–Trinajstić information content (AvgIpc) is 2.61. The Morgan fingerprint density at radius 1 is 1.03 bits per heavy atom. The molecule has 0 fully saturated rings. The maximum absolute atomic E-state index is 12.8. The second-order valence-electron chi connectivity index (χ2n) is 7.42. The summed E-state index contributed by atoms with van der Waals surface area (Å²) in [6.45, 7) is 11.3. The molecule has 154 valence electrons. The summed E-state index contributed by atoms with van der Waals surface area (Å²) in [6.07, 6.45) is 5.14. The Labute approximate surface area is 177 Å². The number of carboxylic acids is 1. The average molecular weight is 413 g/mol. The van der Waals surface area contributed by atoms with Crippen LogP contribution in [0, 0.1) is 27.7 Å². The van der Waals surface area contributed by atoms with E-state index in [4.69, 9.17) is 4.74 Å². The molecule has 0 saturated heterocycles. The third-order valence-electron chi connectivity index (χ3n) is 4.67. The Balaban J connectivity index is 2.48. The van der Waals surface area contributed by atoms with Gasteiger partial charge in [0, 0.05) is 21.6 Å². The largest absolute Gasteiger partial charge is 0.490 e. The number of aryl methyl sites for hydroxylation is 3. The van der Waals surface area contributed by atoms with E-state index in [9.17, 15) is 14.7 Å². The van der Waals surface area contributed by atoms with Gasteiger partial charge in [0.15, 0.2) is 5.78 Å². The minimum Gasteiger partial charge on any atom is -0.490 e. The first-order chi connectivity index (χ1) is 13.6. The summed E-state index contributed by atoms with van der Waals surface area (Å²) in [7, 11) is 0. The number of hydrogen-bond donors (Lipinski definition) is 1. The predicted octanol–water partition coefficient (Wildman–Crippen LogP) is 6.02. The second kappa shape index (κ2) is 9.31. The third kappa shape index (κ3) is 5.10. The van der Waals surface area contributed by atoms with E-state index in [1.807, 2.05) is 46.1 Å². The summed E-state index contributed by atoms with van der Waals surface area (Å²) in [6, 6.07) is 5.56. The second-order valence-corrected chi connectivity index (χ2v) is 8.24. The number of benzene rings is 2. The molecule has 0 atom stereocenters. The van der Waals surface area contributed by atoms with Crippen LogP contribution in [0.2, 0.25) is 0 Å². The summed E-state index contributed by atoms with van der Waals surface area (Å²) < 4.78 is 5.90. The van der Waals surface area contributed by atoms with Gasteiger partial charge >= 0.3 is 5.97 Å². The van der Waals surface area contributed by atoms with E-state index in [-0.39, 0.29) is 17.5 Å². The normalized spacial score (nSPS) is 11.3. The molecule has 4 nitrogen and oxygen atoms in total. The van der Waals surface area contributed by atoms with Crippen molar-refractivity contribution in [3.63, 3.8) is 0 Å². The number of carbonyl (C=O) groups excluding carboxylic acids is 1. The van der Waals surface area contributed by atoms with Crippen LogP contribution in [0.15, 0.2) is 29.2 Å². The first-order valence-corrected chi connectivity index (χ1v) is 10.7. The van der Waals surface area contributed by atoms with Crippen molar-refractivity contribution in [3.05, 3.63) is 63.2 Å². The predicted molar refractivity (Wildman–Crippen MR) is 120 cm³/mol. The Bertz CT molecular complexity index is 964. The zero-order valence-electron chi connectivity index (χ0n) is 18.0. The highest BCUT2D eigenvalue weighted by atomic mass is 32.2. The van der Waals surface area contributed by atoms with Gasteiger partial charge in [-0.05, 0) is 94.8 Å². The van der Waals surface area contributed by atoms with Gasteiger partial charge in [-0.1, -0.05) is 0 Å². The third-order valence-corrected chi connectivity index (χ3v) is 5.73. The summed E-state index contributed by atoms with van der Waals surface area (Å²) in [5, 5.41) is 9.53. The van der Waals surface area contributed by atoms with Gasteiger partial charge in [-0.2, -0.15) is 0 Å². The lowest BCUT2D eigenvalue weighted by Gasteiger charge is -2.18. The van der Waals surface area contributed by atoms with Gasteiger partial charge < -0.3 is 9.84 Å². The molecular weight excluding hydrogens is 384 g/mol. The van der Waals surface area contributed by atoms with Crippen LogP contribution in [0.3, 0.4) is 0 Å². The molecule has 1 N–H and O–H groups in total. The zero-order chi connectivity index (χ0) is 21.9. The van der Waals surface area contributed by atoms with Crippen molar-refractivity contribution in [3.8, 4) is 5.75 Å². The molecule has 2 rings (SSSR count). The number of allylic oxidation sites excluding steroid dienone is 1. The number of carbonyl (C=O) groups is 2. The topological polar surface area (TPSA) is 63.6 Å². The fraction of sp³-hybridized carbons (Fsp3) is 0.333. The van der Waals surface area contributed by atoms with Gasteiger partial charge in [-0.25, -0.2) is 4.79 Å². The van der Waals surface area contributed by atoms with Crippen LogP contribution in [0.1, 0.15) is 62.4 Å². The SMILES string of the molecule is CSc1c(C)cc(C(=O)C=Cc2cc(C)c(C(=O)O)c(C)c2OC(C)C)cc1C. The molecule has 0 aliphatic rings. The molecule has 0 heterocycles. The molecule has 0 spiro atoms. The monoisotopic (exact) mass is 412 g/mol. The number of ketones is 1. The van der Waals surface area contributed by atoms with E-state index in [1.165, 1.54) is 11.0 Å². The fourth-order valence-corrected chi connectivity index (χ4v) is 4.28. The number of rotatable bonds is 7. The molecular formula is C24H28O4S. The van der Waals surface area contributed by atoms with Crippen molar-refractivity contribution < 1.29 is 19.4 Å². The van der Waals surface area contributed by atoms with Crippen LogP contribution in [0.4, 0.5) is 0 Å². The molecule has 0 saturated carbocycles. The smallest absolute Gasteiger partial charge is 0.336 e. The van der Waals surface area contributed by atoms with Gasteiger partial charge in [0.25, 0.3) is 0 Å². The van der Waals surface area contributed by atoms with Gasteiger partial charge in [0.2, 0.25) is 0 Å². The zero-order valence-corrected chi connectivity index (χ0v) is 18.9. The van der Waals surface area contributed by atoms with Crippen LogP contribution >= 0.6 is 11.8 Å². The Kier molecular flexibility index (Phi) is 7.31. The summed E-state index contributed by atoms with van der Waals surface area (Å²) >= 11 is 1.67. The summed E-state index contributed by atoms with van der Waals surface area (Å²) in [5.74, 6) is -0.589. The lowest BCUT2D eigenvalue weighted by atomic mass is 9.96. The number of aromatic carboxylic acids is 1. The van der Waals surface area contributed by atoms with Crippen molar-refractivity contribution in [2.45, 2.75) is 52.5 Å².